The molecule has 0 saturated carbocycles. The van der Waals surface area contributed by atoms with Gasteiger partial charge in [-0.15, -0.1) is 0 Å². The van der Waals surface area contributed by atoms with E-state index in [1.165, 1.54) is 18.2 Å². The van der Waals surface area contributed by atoms with E-state index >= 15 is 0 Å². The minimum atomic E-state index is -3.29. The molecule has 0 amide bonds. The Morgan fingerprint density at radius 2 is 1.62 bits per heavy atom. The molecule has 0 radical (unpaired) electrons. The van der Waals surface area contributed by atoms with Crippen LogP contribution in [0.5, 0.6) is 5.75 Å². The maximum absolute atomic E-state index is 14.4. The standard InChI is InChI=1S/C31H34F2N2O4S/c1-6-40(37,38)25-11-7-21(8-12-25)15-24(36)16-22-9-13-28-27(17-22)34-30(35(28)19-20(2)3)31(4,5)39-29-14-10-23(32)18-26(29)33/h7-14,17-18,20H,6,15-16,19H2,1-5H3. The van der Waals surface area contributed by atoms with Crippen LogP contribution in [-0.4, -0.2) is 29.5 Å². The first-order valence-corrected chi connectivity index (χ1v) is 14.9. The Morgan fingerprint density at radius 1 is 0.975 bits per heavy atom. The third kappa shape index (κ3) is 6.58. The van der Waals surface area contributed by atoms with Gasteiger partial charge in [0, 0.05) is 25.5 Å². The Bertz CT molecular complexity index is 1640. The van der Waals surface area contributed by atoms with Crippen LogP contribution in [-0.2, 0) is 39.6 Å². The minimum absolute atomic E-state index is 0.0114. The van der Waals surface area contributed by atoms with Crippen LogP contribution in [0.1, 0.15) is 51.6 Å². The fourth-order valence-electron chi connectivity index (χ4n) is 4.67. The number of ether oxygens (including phenoxy) is 1. The minimum Gasteiger partial charge on any atom is -0.477 e. The second-order valence-corrected chi connectivity index (χ2v) is 13.2. The molecule has 0 saturated heterocycles. The van der Waals surface area contributed by atoms with Crippen molar-refractivity contribution in [3.05, 3.63) is 89.2 Å². The molecule has 4 aromatic rings. The number of sulfone groups is 1. The smallest absolute Gasteiger partial charge is 0.178 e. The van der Waals surface area contributed by atoms with Crippen molar-refractivity contribution in [2.75, 3.05) is 5.75 Å². The van der Waals surface area contributed by atoms with Crippen molar-refractivity contribution in [2.45, 2.75) is 64.5 Å². The zero-order valence-corrected chi connectivity index (χ0v) is 24.2. The number of fused-ring (bicyclic) bond motifs is 1. The van der Waals surface area contributed by atoms with E-state index in [2.05, 4.69) is 13.8 Å². The summed E-state index contributed by atoms with van der Waals surface area (Å²) in [5, 5.41) is 0. The number of hydrogen-bond donors (Lipinski definition) is 0. The van der Waals surface area contributed by atoms with Gasteiger partial charge >= 0.3 is 0 Å². The van der Waals surface area contributed by atoms with Crippen LogP contribution in [0.3, 0.4) is 0 Å². The number of imidazole rings is 1. The van der Waals surface area contributed by atoms with E-state index in [1.807, 2.05) is 22.8 Å². The maximum atomic E-state index is 14.4. The van der Waals surface area contributed by atoms with Crippen molar-refractivity contribution in [2.24, 2.45) is 5.92 Å². The molecule has 0 aliphatic rings. The van der Waals surface area contributed by atoms with E-state index in [-0.39, 0.29) is 40.9 Å². The average molecular weight is 569 g/mol. The Balaban J connectivity index is 1.58. The zero-order chi connectivity index (χ0) is 29.2. The SMILES string of the molecule is CCS(=O)(=O)c1ccc(CC(=O)Cc2ccc3c(c2)nc(C(C)(C)Oc2ccc(F)cc2F)n3CC(C)C)cc1. The third-order valence-corrected chi connectivity index (χ3v) is 8.37. The summed E-state index contributed by atoms with van der Waals surface area (Å²) in [6, 6.07) is 15.3. The number of ketones is 1. The van der Waals surface area contributed by atoms with Gasteiger partial charge in [-0.2, -0.15) is 0 Å². The van der Waals surface area contributed by atoms with Gasteiger partial charge in [0.15, 0.2) is 32.8 Å². The molecule has 0 aliphatic carbocycles. The first-order valence-electron chi connectivity index (χ1n) is 13.3. The van der Waals surface area contributed by atoms with Crippen molar-refractivity contribution >= 4 is 26.7 Å². The fourth-order valence-corrected chi connectivity index (χ4v) is 5.56. The summed E-state index contributed by atoms with van der Waals surface area (Å²) in [4.78, 5) is 18.0. The molecule has 0 atom stereocenters. The molecule has 1 heterocycles. The predicted molar refractivity (Wildman–Crippen MR) is 151 cm³/mol. The van der Waals surface area contributed by atoms with E-state index in [9.17, 15) is 22.0 Å². The van der Waals surface area contributed by atoms with Crippen LogP contribution in [0.25, 0.3) is 11.0 Å². The number of halogens is 2. The average Bonchev–Trinajstić information content (AvgIpc) is 3.24. The highest BCUT2D eigenvalue weighted by molar-refractivity contribution is 7.91. The molecule has 3 aromatic carbocycles. The molecular formula is C31H34F2N2O4S. The summed E-state index contributed by atoms with van der Waals surface area (Å²) in [5.41, 5.74) is 2.05. The Labute approximate surface area is 233 Å². The summed E-state index contributed by atoms with van der Waals surface area (Å²) in [6.45, 7) is 9.98. The molecular weight excluding hydrogens is 534 g/mol. The number of rotatable bonds is 11. The van der Waals surface area contributed by atoms with Crippen LogP contribution >= 0.6 is 0 Å². The van der Waals surface area contributed by atoms with Crippen LogP contribution in [0.2, 0.25) is 0 Å². The summed E-state index contributed by atoms with van der Waals surface area (Å²) in [7, 11) is -3.29. The van der Waals surface area contributed by atoms with Gasteiger partial charge < -0.3 is 9.30 Å². The van der Waals surface area contributed by atoms with Crippen LogP contribution in [0.15, 0.2) is 65.6 Å². The topological polar surface area (TPSA) is 78.3 Å². The van der Waals surface area contributed by atoms with Gasteiger partial charge in [0.25, 0.3) is 0 Å². The van der Waals surface area contributed by atoms with Crippen LogP contribution in [0.4, 0.5) is 8.78 Å². The first-order chi connectivity index (χ1) is 18.8. The van der Waals surface area contributed by atoms with Crippen molar-refractivity contribution in [1.82, 2.24) is 9.55 Å². The van der Waals surface area contributed by atoms with Gasteiger partial charge in [-0.3, -0.25) is 4.79 Å². The van der Waals surface area contributed by atoms with E-state index in [1.54, 1.807) is 32.9 Å². The van der Waals surface area contributed by atoms with Crippen molar-refractivity contribution in [1.29, 1.82) is 0 Å². The monoisotopic (exact) mass is 568 g/mol. The van der Waals surface area contributed by atoms with E-state index < -0.39 is 27.1 Å². The predicted octanol–water partition coefficient (Wildman–Crippen LogP) is 6.43. The number of nitrogens with zero attached hydrogens (tertiary/aromatic N) is 2. The molecule has 6 nitrogen and oxygen atoms in total. The fraction of sp³-hybridized carbons (Fsp3) is 0.355. The molecule has 4 rings (SSSR count). The summed E-state index contributed by atoms with van der Waals surface area (Å²) < 4.78 is 59.9. The number of hydrogen-bond acceptors (Lipinski definition) is 5. The number of aromatic nitrogens is 2. The Morgan fingerprint density at radius 3 is 2.25 bits per heavy atom. The van der Waals surface area contributed by atoms with Gasteiger partial charge in [-0.05, 0) is 67.3 Å². The second kappa shape index (κ2) is 11.5. The summed E-state index contributed by atoms with van der Waals surface area (Å²) in [6.07, 6.45) is 0.375. The Hall–Kier alpha value is -3.59. The Kier molecular flexibility index (Phi) is 8.44. The molecule has 212 valence electrons. The lowest BCUT2D eigenvalue weighted by Gasteiger charge is -2.27. The van der Waals surface area contributed by atoms with Crippen molar-refractivity contribution in [3.63, 3.8) is 0 Å². The first kappa shape index (κ1) is 29.4. The highest BCUT2D eigenvalue weighted by Gasteiger charge is 2.31. The van der Waals surface area contributed by atoms with Crippen molar-refractivity contribution in [3.8, 4) is 5.75 Å². The zero-order valence-electron chi connectivity index (χ0n) is 23.4. The van der Waals surface area contributed by atoms with Crippen LogP contribution in [0, 0.1) is 17.6 Å². The van der Waals surface area contributed by atoms with Gasteiger partial charge in [0.2, 0.25) is 0 Å². The lowest BCUT2D eigenvalue weighted by Crippen LogP contribution is -2.30. The number of carbonyl (C=O) groups excluding carboxylic acids is 1. The quantitative estimate of drug-likeness (QED) is 0.208. The molecule has 0 bridgehead atoms. The molecule has 40 heavy (non-hydrogen) atoms. The number of Topliss-reactive ketones (excluding diaryl/α,β-unsaturated/α-hetero) is 1. The lowest BCUT2D eigenvalue weighted by molar-refractivity contribution is -0.117. The molecule has 1 aromatic heterocycles. The molecule has 0 aliphatic heterocycles. The van der Waals surface area contributed by atoms with E-state index in [0.29, 0.717) is 17.9 Å². The lowest BCUT2D eigenvalue weighted by atomic mass is 10.0. The number of carbonyl (C=O) groups is 1. The van der Waals surface area contributed by atoms with Gasteiger partial charge in [-0.25, -0.2) is 22.2 Å². The summed E-state index contributed by atoms with van der Waals surface area (Å²) >= 11 is 0. The molecule has 0 unspecified atom stereocenters. The number of benzene rings is 3. The molecule has 0 N–H and O–H groups in total. The second-order valence-electron chi connectivity index (χ2n) is 10.9. The largest absolute Gasteiger partial charge is 0.477 e. The van der Waals surface area contributed by atoms with Gasteiger partial charge in [-0.1, -0.05) is 39.0 Å². The molecule has 0 fully saturated rings. The molecule has 9 heteroatoms. The highest BCUT2D eigenvalue weighted by atomic mass is 32.2. The van der Waals surface area contributed by atoms with E-state index in [0.717, 1.165) is 28.8 Å². The van der Waals surface area contributed by atoms with Crippen molar-refractivity contribution < 1.29 is 26.7 Å². The third-order valence-electron chi connectivity index (χ3n) is 6.62. The normalized spacial score (nSPS) is 12.3. The van der Waals surface area contributed by atoms with Gasteiger partial charge in [0.05, 0.1) is 21.7 Å². The van der Waals surface area contributed by atoms with Gasteiger partial charge in [0.1, 0.15) is 11.6 Å². The maximum Gasteiger partial charge on any atom is 0.178 e. The summed E-state index contributed by atoms with van der Waals surface area (Å²) in [5.74, 6) is -0.654. The van der Waals surface area contributed by atoms with E-state index in [4.69, 9.17) is 9.72 Å². The highest BCUT2D eigenvalue weighted by Crippen LogP contribution is 2.32. The van der Waals surface area contributed by atoms with Crippen LogP contribution < -0.4 is 4.74 Å². The molecule has 0 spiro atoms.